The first kappa shape index (κ1) is 19.2. The number of pyridine rings is 1. The summed E-state index contributed by atoms with van der Waals surface area (Å²) in [5.74, 6) is -1.16. The number of benzene rings is 1. The maximum Gasteiger partial charge on any atom is 0.313 e. The molecule has 1 aromatic heterocycles. The second-order valence-electron chi connectivity index (χ2n) is 6.56. The van der Waals surface area contributed by atoms with Crippen LogP contribution < -0.4 is 5.73 Å². The van der Waals surface area contributed by atoms with Crippen molar-refractivity contribution in [3.8, 4) is 0 Å². The number of para-hydroxylation sites is 1. The van der Waals surface area contributed by atoms with Crippen molar-refractivity contribution in [2.24, 2.45) is 11.7 Å². The number of rotatable bonds is 7. The molecule has 1 aromatic carbocycles. The van der Waals surface area contributed by atoms with Crippen LogP contribution in [0.2, 0.25) is 5.02 Å². The van der Waals surface area contributed by atoms with E-state index in [1.165, 1.54) is 0 Å². The third-order valence-corrected chi connectivity index (χ3v) is 4.23. The molecule has 0 aliphatic rings. The van der Waals surface area contributed by atoms with Gasteiger partial charge in [-0.2, -0.15) is 0 Å². The van der Waals surface area contributed by atoms with E-state index in [-0.39, 0.29) is 18.3 Å². The molecule has 1 atom stereocenters. The lowest BCUT2D eigenvalue weighted by Gasteiger charge is -2.19. The lowest BCUT2D eigenvalue weighted by molar-refractivity contribution is -0.146. The lowest BCUT2D eigenvalue weighted by Crippen LogP contribution is -2.22. The van der Waals surface area contributed by atoms with Gasteiger partial charge in [-0.05, 0) is 37.0 Å². The number of fused-ring (bicyclic) bond motifs is 1. The van der Waals surface area contributed by atoms with E-state index in [0.29, 0.717) is 29.3 Å². The standard InChI is InChI=1S/C19H23ClN2O3/c1-11(2)10-25-19(24)14(7-8-17(21)23)15-9-13-5-4-6-16(20)18(13)22-12(15)3/h4-6,9,11,14H,7-8,10H2,1-3H3,(H2,21,23). The molecule has 0 saturated heterocycles. The van der Waals surface area contributed by atoms with Crippen molar-refractivity contribution in [1.82, 2.24) is 4.98 Å². The number of primary amides is 1. The van der Waals surface area contributed by atoms with Gasteiger partial charge in [0, 0.05) is 17.5 Å². The van der Waals surface area contributed by atoms with Crippen LogP contribution in [0.25, 0.3) is 10.9 Å². The zero-order chi connectivity index (χ0) is 18.6. The van der Waals surface area contributed by atoms with Gasteiger partial charge in [-0.25, -0.2) is 0 Å². The van der Waals surface area contributed by atoms with Crippen molar-refractivity contribution >= 4 is 34.4 Å². The Morgan fingerprint density at radius 1 is 1.32 bits per heavy atom. The smallest absolute Gasteiger partial charge is 0.313 e. The summed E-state index contributed by atoms with van der Waals surface area (Å²) in [5.41, 5.74) is 7.39. The van der Waals surface area contributed by atoms with E-state index in [1.807, 2.05) is 39.0 Å². The summed E-state index contributed by atoms with van der Waals surface area (Å²) in [6, 6.07) is 7.39. The number of esters is 1. The number of amides is 1. The van der Waals surface area contributed by atoms with Crippen LogP contribution in [0.3, 0.4) is 0 Å². The molecule has 0 aliphatic carbocycles. The number of aryl methyl sites for hydroxylation is 1. The van der Waals surface area contributed by atoms with Gasteiger partial charge in [0.25, 0.3) is 0 Å². The summed E-state index contributed by atoms with van der Waals surface area (Å²) in [6.07, 6.45) is 0.398. The Morgan fingerprint density at radius 3 is 2.68 bits per heavy atom. The minimum atomic E-state index is -0.581. The molecule has 0 aliphatic heterocycles. The Hall–Kier alpha value is -2.14. The molecule has 25 heavy (non-hydrogen) atoms. The fraction of sp³-hybridized carbons (Fsp3) is 0.421. The van der Waals surface area contributed by atoms with E-state index in [2.05, 4.69) is 4.98 Å². The van der Waals surface area contributed by atoms with Crippen molar-refractivity contribution in [2.45, 2.75) is 39.5 Å². The quantitative estimate of drug-likeness (QED) is 0.760. The van der Waals surface area contributed by atoms with Crippen molar-refractivity contribution in [2.75, 3.05) is 6.61 Å². The van der Waals surface area contributed by atoms with Crippen molar-refractivity contribution in [3.63, 3.8) is 0 Å². The molecule has 6 heteroatoms. The van der Waals surface area contributed by atoms with Crippen LogP contribution >= 0.6 is 11.6 Å². The number of carbonyl (C=O) groups is 2. The Bertz CT molecular complexity index is 790. The molecule has 0 saturated carbocycles. The molecule has 134 valence electrons. The van der Waals surface area contributed by atoms with Crippen LogP contribution in [-0.2, 0) is 14.3 Å². The Balaban J connectivity index is 2.41. The molecule has 1 heterocycles. The van der Waals surface area contributed by atoms with Gasteiger partial charge in [0.1, 0.15) is 0 Å². The van der Waals surface area contributed by atoms with Crippen LogP contribution in [0.15, 0.2) is 24.3 Å². The fourth-order valence-electron chi connectivity index (χ4n) is 2.66. The van der Waals surface area contributed by atoms with E-state index in [1.54, 1.807) is 6.07 Å². The highest BCUT2D eigenvalue weighted by Gasteiger charge is 2.26. The van der Waals surface area contributed by atoms with Gasteiger partial charge in [0.05, 0.1) is 23.1 Å². The summed E-state index contributed by atoms with van der Waals surface area (Å²) in [5, 5.41) is 1.40. The third kappa shape index (κ3) is 4.92. The Morgan fingerprint density at radius 2 is 2.04 bits per heavy atom. The van der Waals surface area contributed by atoms with Gasteiger partial charge in [0.15, 0.2) is 0 Å². The summed E-state index contributed by atoms with van der Waals surface area (Å²) >= 11 is 6.20. The van der Waals surface area contributed by atoms with Crippen LogP contribution in [0.5, 0.6) is 0 Å². The molecule has 0 fully saturated rings. The van der Waals surface area contributed by atoms with E-state index in [0.717, 1.165) is 10.9 Å². The highest BCUT2D eigenvalue weighted by molar-refractivity contribution is 6.35. The molecule has 2 rings (SSSR count). The van der Waals surface area contributed by atoms with Gasteiger partial charge in [0.2, 0.25) is 5.91 Å². The summed E-state index contributed by atoms with van der Waals surface area (Å²) in [7, 11) is 0. The number of hydrogen-bond acceptors (Lipinski definition) is 4. The maximum absolute atomic E-state index is 12.6. The molecular weight excluding hydrogens is 340 g/mol. The fourth-order valence-corrected chi connectivity index (χ4v) is 2.88. The molecule has 1 unspecified atom stereocenters. The molecule has 5 nitrogen and oxygen atoms in total. The van der Waals surface area contributed by atoms with Gasteiger partial charge in [-0.15, -0.1) is 0 Å². The second kappa shape index (κ2) is 8.30. The van der Waals surface area contributed by atoms with E-state index in [4.69, 9.17) is 22.1 Å². The normalized spacial score (nSPS) is 12.4. The molecule has 1 amide bonds. The van der Waals surface area contributed by atoms with Crippen LogP contribution in [-0.4, -0.2) is 23.5 Å². The van der Waals surface area contributed by atoms with E-state index >= 15 is 0 Å². The predicted octanol–water partition coefficient (Wildman–Crippen LogP) is 3.74. The first-order valence-corrected chi connectivity index (χ1v) is 8.68. The number of halogens is 1. The minimum Gasteiger partial charge on any atom is -0.465 e. The number of nitrogens with zero attached hydrogens (tertiary/aromatic N) is 1. The average molecular weight is 363 g/mol. The monoisotopic (exact) mass is 362 g/mol. The van der Waals surface area contributed by atoms with Crippen molar-refractivity contribution in [1.29, 1.82) is 0 Å². The van der Waals surface area contributed by atoms with Gasteiger partial charge < -0.3 is 10.5 Å². The predicted molar refractivity (Wildman–Crippen MR) is 98.5 cm³/mol. The highest BCUT2D eigenvalue weighted by atomic mass is 35.5. The molecular formula is C19H23ClN2O3. The number of ether oxygens (including phenoxy) is 1. The zero-order valence-electron chi connectivity index (χ0n) is 14.7. The first-order valence-electron chi connectivity index (χ1n) is 8.30. The largest absolute Gasteiger partial charge is 0.465 e. The topological polar surface area (TPSA) is 82.3 Å². The Labute approximate surface area is 152 Å². The van der Waals surface area contributed by atoms with Gasteiger partial charge in [-0.1, -0.05) is 37.6 Å². The van der Waals surface area contributed by atoms with E-state index < -0.39 is 11.8 Å². The number of nitrogens with two attached hydrogens (primary N) is 1. The average Bonchev–Trinajstić information content (AvgIpc) is 2.54. The van der Waals surface area contributed by atoms with E-state index in [9.17, 15) is 9.59 Å². The molecule has 0 radical (unpaired) electrons. The van der Waals surface area contributed by atoms with Crippen molar-refractivity contribution < 1.29 is 14.3 Å². The molecule has 2 N–H and O–H groups in total. The van der Waals surface area contributed by atoms with Crippen molar-refractivity contribution in [3.05, 3.63) is 40.5 Å². The maximum atomic E-state index is 12.6. The van der Waals surface area contributed by atoms with Gasteiger partial charge >= 0.3 is 5.97 Å². The summed E-state index contributed by atoms with van der Waals surface area (Å²) in [4.78, 5) is 28.3. The van der Waals surface area contributed by atoms with Gasteiger partial charge in [-0.3, -0.25) is 14.6 Å². The summed E-state index contributed by atoms with van der Waals surface area (Å²) in [6.45, 7) is 6.09. The zero-order valence-corrected chi connectivity index (χ0v) is 15.5. The SMILES string of the molecule is Cc1nc2c(Cl)cccc2cc1C(CCC(N)=O)C(=O)OCC(C)C. The Kier molecular flexibility index (Phi) is 6.37. The van der Waals surface area contributed by atoms with Crippen LogP contribution in [0.4, 0.5) is 0 Å². The molecule has 2 aromatic rings. The van der Waals surface area contributed by atoms with Crippen LogP contribution in [0.1, 0.15) is 43.9 Å². The molecule has 0 bridgehead atoms. The number of aromatic nitrogens is 1. The third-order valence-electron chi connectivity index (χ3n) is 3.92. The lowest BCUT2D eigenvalue weighted by atomic mass is 9.92. The van der Waals surface area contributed by atoms with Crippen LogP contribution in [0, 0.1) is 12.8 Å². The number of hydrogen-bond donors (Lipinski definition) is 1. The minimum absolute atomic E-state index is 0.106. The molecule has 0 spiro atoms. The first-order chi connectivity index (χ1) is 11.8. The summed E-state index contributed by atoms with van der Waals surface area (Å²) < 4.78 is 5.40. The number of carbonyl (C=O) groups excluding carboxylic acids is 2. The highest BCUT2D eigenvalue weighted by Crippen LogP contribution is 2.30. The second-order valence-corrected chi connectivity index (χ2v) is 6.96.